The molecule has 0 spiro atoms. The van der Waals surface area contributed by atoms with Gasteiger partial charge < -0.3 is 10.0 Å². The molecule has 1 N–H and O–H groups in total. The molecule has 0 saturated carbocycles. The van der Waals surface area contributed by atoms with E-state index in [2.05, 4.69) is 4.98 Å². The molecule has 0 bridgehead atoms. The van der Waals surface area contributed by atoms with E-state index in [1.165, 1.54) is 6.20 Å². The molecule has 1 saturated heterocycles. The third kappa shape index (κ3) is 2.11. The molecule has 1 aromatic heterocycles. The Hall–Kier alpha value is -2.18. The molecule has 1 aliphatic rings. The lowest BCUT2D eigenvalue weighted by molar-refractivity contribution is -0.384. The number of anilines is 1. The van der Waals surface area contributed by atoms with Crippen LogP contribution in [-0.4, -0.2) is 34.1 Å². The van der Waals surface area contributed by atoms with Crippen molar-refractivity contribution in [3.63, 3.8) is 0 Å². The van der Waals surface area contributed by atoms with Crippen molar-refractivity contribution < 1.29 is 14.8 Å². The summed E-state index contributed by atoms with van der Waals surface area (Å²) < 4.78 is 0. The fourth-order valence-corrected chi connectivity index (χ4v) is 2.15. The molecular weight excluding hydrogens is 238 g/mol. The summed E-state index contributed by atoms with van der Waals surface area (Å²) in [6, 6.07) is 1.58. The van der Waals surface area contributed by atoms with Crippen LogP contribution in [0.5, 0.6) is 0 Å². The summed E-state index contributed by atoms with van der Waals surface area (Å²) in [6.07, 6.45) is 1.99. The van der Waals surface area contributed by atoms with E-state index in [9.17, 15) is 14.9 Å². The molecule has 7 nitrogen and oxygen atoms in total. The molecular formula is C11H13N3O4. The molecule has 2 rings (SSSR count). The van der Waals surface area contributed by atoms with E-state index in [1.54, 1.807) is 17.9 Å². The SMILES string of the molecule is Cc1ccnc(N2CCC(C(=O)O)C2)c1[N+](=O)[O-]. The largest absolute Gasteiger partial charge is 0.481 e. The van der Waals surface area contributed by atoms with Gasteiger partial charge in [-0.3, -0.25) is 14.9 Å². The number of aliphatic carboxylic acids is 1. The topological polar surface area (TPSA) is 96.6 Å². The minimum Gasteiger partial charge on any atom is -0.481 e. The molecule has 0 aromatic carbocycles. The van der Waals surface area contributed by atoms with Gasteiger partial charge in [0.05, 0.1) is 10.8 Å². The van der Waals surface area contributed by atoms with Crippen LogP contribution in [0, 0.1) is 23.0 Å². The molecule has 1 fully saturated rings. The highest BCUT2D eigenvalue weighted by molar-refractivity contribution is 5.73. The lowest BCUT2D eigenvalue weighted by atomic mass is 10.1. The van der Waals surface area contributed by atoms with E-state index in [1.807, 2.05) is 0 Å². The Morgan fingerprint density at radius 1 is 1.67 bits per heavy atom. The molecule has 7 heteroatoms. The van der Waals surface area contributed by atoms with Gasteiger partial charge in [0.15, 0.2) is 0 Å². The zero-order chi connectivity index (χ0) is 13.3. The zero-order valence-electron chi connectivity index (χ0n) is 9.87. The van der Waals surface area contributed by atoms with Gasteiger partial charge in [0.1, 0.15) is 0 Å². The molecule has 0 aliphatic carbocycles. The number of hydrogen-bond acceptors (Lipinski definition) is 5. The van der Waals surface area contributed by atoms with Crippen LogP contribution < -0.4 is 4.90 Å². The summed E-state index contributed by atoms with van der Waals surface area (Å²) in [6.45, 7) is 2.40. The summed E-state index contributed by atoms with van der Waals surface area (Å²) in [5.41, 5.74) is 0.493. The number of hydrogen-bond donors (Lipinski definition) is 1. The predicted molar refractivity (Wildman–Crippen MR) is 63.6 cm³/mol. The van der Waals surface area contributed by atoms with E-state index in [0.29, 0.717) is 18.5 Å². The predicted octanol–water partition coefficient (Wildman–Crippen LogP) is 1.21. The molecule has 1 atom stereocenters. The molecule has 1 unspecified atom stereocenters. The molecule has 0 radical (unpaired) electrons. The Kier molecular flexibility index (Phi) is 3.14. The summed E-state index contributed by atoms with van der Waals surface area (Å²) in [4.78, 5) is 27.2. The Bertz CT molecular complexity index is 503. The monoisotopic (exact) mass is 251 g/mol. The minimum absolute atomic E-state index is 0.0384. The third-order valence-corrected chi connectivity index (χ3v) is 3.13. The molecule has 2 heterocycles. The summed E-state index contributed by atoms with van der Waals surface area (Å²) in [7, 11) is 0. The average molecular weight is 251 g/mol. The highest BCUT2D eigenvalue weighted by atomic mass is 16.6. The highest BCUT2D eigenvalue weighted by Gasteiger charge is 2.32. The number of nitro groups is 1. The summed E-state index contributed by atoms with van der Waals surface area (Å²) in [5, 5.41) is 20.0. The van der Waals surface area contributed by atoms with Gasteiger partial charge >= 0.3 is 11.7 Å². The molecule has 96 valence electrons. The maximum Gasteiger partial charge on any atom is 0.314 e. The minimum atomic E-state index is -0.868. The van der Waals surface area contributed by atoms with Crippen molar-refractivity contribution in [3.8, 4) is 0 Å². The first-order valence-electron chi connectivity index (χ1n) is 5.58. The van der Waals surface area contributed by atoms with Gasteiger partial charge in [-0.2, -0.15) is 0 Å². The highest BCUT2D eigenvalue weighted by Crippen LogP contribution is 2.32. The van der Waals surface area contributed by atoms with Crippen LogP contribution >= 0.6 is 0 Å². The van der Waals surface area contributed by atoms with E-state index in [4.69, 9.17) is 5.11 Å². The number of carboxylic acid groups (broad SMARTS) is 1. The van der Waals surface area contributed by atoms with Crippen LogP contribution in [0.15, 0.2) is 12.3 Å². The second-order valence-electron chi connectivity index (χ2n) is 4.33. The Morgan fingerprint density at radius 2 is 2.39 bits per heavy atom. The first-order valence-corrected chi connectivity index (χ1v) is 5.58. The Balaban J connectivity index is 2.32. The molecule has 1 aromatic rings. The van der Waals surface area contributed by atoms with E-state index < -0.39 is 16.8 Å². The van der Waals surface area contributed by atoms with Crippen molar-refractivity contribution in [3.05, 3.63) is 27.9 Å². The second-order valence-corrected chi connectivity index (χ2v) is 4.33. The van der Waals surface area contributed by atoms with Crippen LogP contribution in [-0.2, 0) is 4.79 Å². The van der Waals surface area contributed by atoms with Gasteiger partial charge in [-0.15, -0.1) is 0 Å². The number of rotatable bonds is 3. The summed E-state index contributed by atoms with van der Waals surface area (Å²) in [5.74, 6) is -1.08. The fourth-order valence-electron chi connectivity index (χ4n) is 2.15. The number of carboxylic acids is 1. The van der Waals surface area contributed by atoms with Gasteiger partial charge in [-0.1, -0.05) is 0 Å². The van der Waals surface area contributed by atoms with Crippen molar-refractivity contribution in [2.45, 2.75) is 13.3 Å². The van der Waals surface area contributed by atoms with Crippen LogP contribution in [0.3, 0.4) is 0 Å². The van der Waals surface area contributed by atoms with E-state index >= 15 is 0 Å². The number of carbonyl (C=O) groups is 1. The first kappa shape index (κ1) is 12.3. The van der Waals surface area contributed by atoms with Crippen LogP contribution in [0.2, 0.25) is 0 Å². The maximum atomic E-state index is 11.0. The number of nitrogens with zero attached hydrogens (tertiary/aromatic N) is 3. The van der Waals surface area contributed by atoms with Gasteiger partial charge in [-0.05, 0) is 19.4 Å². The van der Waals surface area contributed by atoms with Crippen LogP contribution in [0.1, 0.15) is 12.0 Å². The van der Waals surface area contributed by atoms with Crippen molar-refractivity contribution >= 4 is 17.5 Å². The maximum absolute atomic E-state index is 11.0. The van der Waals surface area contributed by atoms with Crippen molar-refractivity contribution in [1.29, 1.82) is 0 Å². The number of aromatic nitrogens is 1. The quantitative estimate of drug-likeness (QED) is 0.640. The lowest BCUT2D eigenvalue weighted by Gasteiger charge is -2.17. The van der Waals surface area contributed by atoms with Gasteiger partial charge in [0.25, 0.3) is 0 Å². The number of pyridine rings is 1. The van der Waals surface area contributed by atoms with Crippen molar-refractivity contribution in [1.82, 2.24) is 4.98 Å². The summed E-state index contributed by atoms with van der Waals surface area (Å²) >= 11 is 0. The average Bonchev–Trinajstić information content (AvgIpc) is 2.77. The Labute approximate surface area is 103 Å². The fraction of sp³-hybridized carbons (Fsp3) is 0.455. The smallest absolute Gasteiger partial charge is 0.314 e. The third-order valence-electron chi connectivity index (χ3n) is 3.13. The first-order chi connectivity index (χ1) is 8.50. The molecule has 0 amide bonds. The van der Waals surface area contributed by atoms with Gasteiger partial charge in [-0.25, -0.2) is 4.98 Å². The lowest BCUT2D eigenvalue weighted by Crippen LogP contribution is -2.24. The van der Waals surface area contributed by atoms with E-state index in [-0.39, 0.29) is 18.1 Å². The standard InChI is InChI=1S/C11H13N3O4/c1-7-2-4-12-10(9(7)14(17)18)13-5-3-8(6-13)11(15)16/h2,4,8H,3,5-6H2,1H3,(H,15,16). The molecule has 18 heavy (non-hydrogen) atoms. The van der Waals surface area contributed by atoms with Crippen LogP contribution in [0.4, 0.5) is 11.5 Å². The van der Waals surface area contributed by atoms with E-state index in [0.717, 1.165) is 0 Å². The zero-order valence-corrected chi connectivity index (χ0v) is 9.87. The van der Waals surface area contributed by atoms with Crippen LogP contribution in [0.25, 0.3) is 0 Å². The Morgan fingerprint density at radius 3 is 2.94 bits per heavy atom. The van der Waals surface area contributed by atoms with Crippen molar-refractivity contribution in [2.24, 2.45) is 5.92 Å². The van der Waals surface area contributed by atoms with Crippen molar-refractivity contribution in [2.75, 3.05) is 18.0 Å². The number of aryl methyl sites for hydroxylation is 1. The van der Waals surface area contributed by atoms with Gasteiger partial charge in [0, 0.05) is 24.8 Å². The second kappa shape index (κ2) is 4.59. The molecule has 1 aliphatic heterocycles. The normalized spacial score (nSPS) is 18.9. The van der Waals surface area contributed by atoms with Gasteiger partial charge in [0.2, 0.25) is 5.82 Å².